The summed E-state index contributed by atoms with van der Waals surface area (Å²) in [5.74, 6) is 0.862. The van der Waals surface area contributed by atoms with E-state index in [4.69, 9.17) is 0 Å². The van der Waals surface area contributed by atoms with E-state index in [1.807, 2.05) is 0 Å². The molecule has 1 aliphatic heterocycles. The van der Waals surface area contributed by atoms with Crippen LogP contribution < -0.4 is 20.9 Å². The van der Waals surface area contributed by atoms with Gasteiger partial charge in [0.05, 0.1) is 6.04 Å². The molecule has 1 aliphatic carbocycles. The van der Waals surface area contributed by atoms with Crippen molar-refractivity contribution < 1.29 is 4.79 Å². The van der Waals surface area contributed by atoms with Crippen LogP contribution in [0.15, 0.2) is 29.3 Å². The van der Waals surface area contributed by atoms with Crippen LogP contribution >= 0.6 is 0 Å². The van der Waals surface area contributed by atoms with Gasteiger partial charge in [0.2, 0.25) is 5.91 Å². The lowest BCUT2D eigenvalue weighted by Crippen LogP contribution is -2.42. The van der Waals surface area contributed by atoms with Crippen molar-refractivity contribution in [1.82, 2.24) is 16.0 Å². The number of nitrogens with zero attached hydrogens (tertiary/aromatic N) is 2. The third-order valence-electron chi connectivity index (χ3n) is 6.03. The van der Waals surface area contributed by atoms with Crippen LogP contribution in [-0.2, 0) is 4.79 Å². The molecule has 6 nitrogen and oxygen atoms in total. The molecule has 1 saturated carbocycles. The number of anilines is 1. The topological polar surface area (TPSA) is 68.8 Å². The molecule has 0 radical (unpaired) electrons. The minimum atomic E-state index is 0.131. The fourth-order valence-electron chi connectivity index (χ4n) is 4.29. The number of hydrogen-bond acceptors (Lipinski definition) is 3. The zero-order valence-electron chi connectivity index (χ0n) is 18.0. The Balaban J connectivity index is 1.43. The van der Waals surface area contributed by atoms with Crippen molar-refractivity contribution in [3.8, 4) is 0 Å². The van der Waals surface area contributed by atoms with Crippen LogP contribution in [0.1, 0.15) is 69.9 Å². The van der Waals surface area contributed by atoms with E-state index < -0.39 is 0 Å². The number of hydrogen-bond donors (Lipinski definition) is 3. The quantitative estimate of drug-likeness (QED) is 0.486. The Morgan fingerprint density at radius 1 is 1.17 bits per heavy atom. The normalized spacial score (nSPS) is 19.1. The van der Waals surface area contributed by atoms with Crippen molar-refractivity contribution in [2.24, 2.45) is 4.99 Å². The molecule has 0 spiro atoms. The summed E-state index contributed by atoms with van der Waals surface area (Å²) >= 11 is 0. The number of rotatable bonds is 7. The summed E-state index contributed by atoms with van der Waals surface area (Å²) in [7, 11) is 1.77. The number of guanidine groups is 1. The lowest BCUT2D eigenvalue weighted by atomic mass is 9.95. The summed E-state index contributed by atoms with van der Waals surface area (Å²) in [6.45, 7) is 5.03. The van der Waals surface area contributed by atoms with E-state index in [2.05, 4.69) is 57.0 Å². The smallest absolute Gasteiger partial charge is 0.221 e. The minimum absolute atomic E-state index is 0.131. The highest BCUT2D eigenvalue weighted by molar-refractivity contribution is 5.81. The molecular weight excluding hydrogens is 362 g/mol. The second kappa shape index (κ2) is 11.1. The number of carbonyl (C=O) groups excluding carboxylic acids is 1. The van der Waals surface area contributed by atoms with Gasteiger partial charge in [0.15, 0.2) is 5.96 Å². The maximum Gasteiger partial charge on any atom is 0.221 e. The molecule has 3 N–H and O–H groups in total. The molecule has 1 amide bonds. The van der Waals surface area contributed by atoms with Gasteiger partial charge in [0.1, 0.15) is 0 Å². The molecule has 29 heavy (non-hydrogen) atoms. The number of nitrogens with one attached hydrogen (secondary N) is 3. The zero-order chi connectivity index (χ0) is 20.5. The molecule has 2 aliphatic rings. The van der Waals surface area contributed by atoms with E-state index in [1.54, 1.807) is 7.05 Å². The van der Waals surface area contributed by atoms with Crippen LogP contribution in [-0.4, -0.2) is 44.6 Å². The predicted octanol–water partition coefficient (Wildman–Crippen LogP) is 3.35. The first kappa shape index (κ1) is 21.5. The first-order valence-electron chi connectivity index (χ1n) is 11.3. The summed E-state index contributed by atoms with van der Waals surface area (Å²) < 4.78 is 0. The summed E-state index contributed by atoms with van der Waals surface area (Å²) in [6, 6.07) is 9.26. The Morgan fingerprint density at radius 3 is 2.66 bits per heavy atom. The Bertz CT molecular complexity index is 678. The lowest BCUT2D eigenvalue weighted by molar-refractivity contribution is -0.121. The molecular formula is C23H37N5O. The van der Waals surface area contributed by atoms with Crippen LogP contribution in [0.3, 0.4) is 0 Å². The van der Waals surface area contributed by atoms with E-state index in [0.29, 0.717) is 19.0 Å². The Hall–Kier alpha value is -2.24. The van der Waals surface area contributed by atoms with Crippen LogP contribution in [0.5, 0.6) is 0 Å². The summed E-state index contributed by atoms with van der Waals surface area (Å²) in [5, 5.41) is 9.89. The SMILES string of the molecule is CN=C(NCCC(=O)NC1CCCCC1)NC(C)c1cccc(N2CCCC2)c1. The van der Waals surface area contributed by atoms with Gasteiger partial charge in [-0.3, -0.25) is 9.79 Å². The zero-order valence-corrected chi connectivity index (χ0v) is 18.0. The highest BCUT2D eigenvalue weighted by atomic mass is 16.1. The van der Waals surface area contributed by atoms with Gasteiger partial charge >= 0.3 is 0 Å². The molecule has 1 atom stereocenters. The van der Waals surface area contributed by atoms with E-state index in [0.717, 1.165) is 31.9 Å². The summed E-state index contributed by atoms with van der Waals surface area (Å²) in [4.78, 5) is 18.9. The number of aliphatic imine (C=N–C) groups is 1. The molecule has 1 saturated heterocycles. The molecule has 1 aromatic rings. The lowest BCUT2D eigenvalue weighted by Gasteiger charge is -2.23. The monoisotopic (exact) mass is 399 g/mol. The van der Waals surface area contributed by atoms with Crippen LogP contribution in [0, 0.1) is 0 Å². The Labute approximate surface area is 175 Å². The number of amides is 1. The molecule has 3 rings (SSSR count). The molecule has 160 valence electrons. The minimum Gasteiger partial charge on any atom is -0.372 e. The van der Waals surface area contributed by atoms with E-state index in [9.17, 15) is 4.79 Å². The molecule has 6 heteroatoms. The van der Waals surface area contributed by atoms with Crippen molar-refractivity contribution in [1.29, 1.82) is 0 Å². The molecule has 2 fully saturated rings. The van der Waals surface area contributed by atoms with Gasteiger partial charge in [0, 0.05) is 44.8 Å². The average molecular weight is 400 g/mol. The van der Waals surface area contributed by atoms with Crippen LogP contribution in [0.4, 0.5) is 5.69 Å². The predicted molar refractivity (Wildman–Crippen MR) is 120 cm³/mol. The van der Waals surface area contributed by atoms with Crippen molar-refractivity contribution in [3.63, 3.8) is 0 Å². The van der Waals surface area contributed by atoms with Crippen LogP contribution in [0.2, 0.25) is 0 Å². The largest absolute Gasteiger partial charge is 0.372 e. The van der Waals surface area contributed by atoms with Gasteiger partial charge in [-0.2, -0.15) is 0 Å². The van der Waals surface area contributed by atoms with E-state index in [1.165, 1.54) is 43.4 Å². The molecule has 0 aromatic heterocycles. The van der Waals surface area contributed by atoms with Crippen molar-refractivity contribution in [2.75, 3.05) is 31.6 Å². The van der Waals surface area contributed by atoms with Crippen molar-refractivity contribution in [2.45, 2.75) is 70.4 Å². The second-order valence-electron chi connectivity index (χ2n) is 8.31. The van der Waals surface area contributed by atoms with Gasteiger partial charge in [-0.05, 0) is 50.3 Å². The Morgan fingerprint density at radius 2 is 1.93 bits per heavy atom. The highest BCUT2D eigenvalue weighted by Crippen LogP contribution is 2.24. The second-order valence-corrected chi connectivity index (χ2v) is 8.31. The molecule has 0 bridgehead atoms. The fourth-order valence-corrected chi connectivity index (χ4v) is 4.29. The highest BCUT2D eigenvalue weighted by Gasteiger charge is 2.16. The molecule has 1 aromatic carbocycles. The molecule has 1 unspecified atom stereocenters. The number of benzene rings is 1. The average Bonchev–Trinajstić information content (AvgIpc) is 3.29. The molecule has 1 heterocycles. The van der Waals surface area contributed by atoms with Gasteiger partial charge < -0.3 is 20.9 Å². The van der Waals surface area contributed by atoms with Crippen molar-refractivity contribution >= 4 is 17.6 Å². The van der Waals surface area contributed by atoms with E-state index in [-0.39, 0.29) is 11.9 Å². The maximum atomic E-state index is 12.2. The van der Waals surface area contributed by atoms with Gasteiger partial charge in [-0.15, -0.1) is 0 Å². The third-order valence-corrected chi connectivity index (χ3v) is 6.03. The first-order valence-corrected chi connectivity index (χ1v) is 11.3. The van der Waals surface area contributed by atoms with Gasteiger partial charge in [-0.1, -0.05) is 31.4 Å². The first-order chi connectivity index (χ1) is 14.2. The van der Waals surface area contributed by atoms with Gasteiger partial charge in [0.25, 0.3) is 0 Å². The Kier molecular flexibility index (Phi) is 8.20. The van der Waals surface area contributed by atoms with Crippen LogP contribution in [0.25, 0.3) is 0 Å². The fraction of sp³-hybridized carbons (Fsp3) is 0.652. The summed E-state index contributed by atoms with van der Waals surface area (Å²) in [5.41, 5.74) is 2.54. The third kappa shape index (κ3) is 6.65. The standard InChI is InChI=1S/C23H37N5O/c1-18(19-9-8-12-21(17-19)28-15-6-7-16-28)26-23(24-2)25-14-13-22(29)27-20-10-4-3-5-11-20/h8-9,12,17-18,20H,3-7,10-11,13-16H2,1-2H3,(H,27,29)(H2,24,25,26). The summed E-state index contributed by atoms with van der Waals surface area (Å²) in [6.07, 6.45) is 9.04. The van der Waals surface area contributed by atoms with E-state index >= 15 is 0 Å². The maximum absolute atomic E-state index is 12.2. The van der Waals surface area contributed by atoms with Gasteiger partial charge in [-0.25, -0.2) is 0 Å². The van der Waals surface area contributed by atoms with Crippen molar-refractivity contribution in [3.05, 3.63) is 29.8 Å². The number of carbonyl (C=O) groups is 1.